The van der Waals surface area contributed by atoms with E-state index in [2.05, 4.69) is 12.2 Å². The van der Waals surface area contributed by atoms with Crippen LogP contribution in [0.4, 0.5) is 8.78 Å². The number of hydrogen-bond acceptors (Lipinski definition) is 1. The van der Waals surface area contributed by atoms with Gasteiger partial charge in [-0.1, -0.05) is 19.4 Å². The van der Waals surface area contributed by atoms with Crippen LogP contribution in [-0.4, -0.2) is 6.54 Å². The van der Waals surface area contributed by atoms with Gasteiger partial charge in [0.15, 0.2) is 0 Å². The molecular weight excluding hydrogens is 220 g/mol. The number of nitrogens with one attached hydrogen (secondary N) is 1. The molecule has 2 atom stereocenters. The minimum Gasteiger partial charge on any atom is -0.312 e. The van der Waals surface area contributed by atoms with Crippen LogP contribution in [0.5, 0.6) is 0 Å². The minimum atomic E-state index is -0.461. The molecule has 1 fully saturated rings. The second-order valence-electron chi connectivity index (χ2n) is 5.12. The monoisotopic (exact) mass is 239 g/mol. The molecule has 0 saturated heterocycles. The van der Waals surface area contributed by atoms with Crippen molar-refractivity contribution in [3.8, 4) is 0 Å². The molecule has 1 aliphatic carbocycles. The van der Waals surface area contributed by atoms with Crippen molar-refractivity contribution in [2.75, 3.05) is 6.54 Å². The quantitative estimate of drug-likeness (QED) is 0.848. The van der Waals surface area contributed by atoms with Gasteiger partial charge in [0.05, 0.1) is 0 Å². The summed E-state index contributed by atoms with van der Waals surface area (Å²) in [7, 11) is 0. The van der Waals surface area contributed by atoms with E-state index in [0.29, 0.717) is 5.92 Å². The predicted octanol–water partition coefficient (Wildman–Crippen LogP) is 3.49. The molecule has 0 amide bonds. The highest BCUT2D eigenvalue weighted by molar-refractivity contribution is 5.19. The molecule has 2 unspecified atom stereocenters. The van der Waals surface area contributed by atoms with Crippen molar-refractivity contribution in [1.82, 2.24) is 5.32 Å². The highest BCUT2D eigenvalue weighted by Crippen LogP contribution is 2.29. The first kappa shape index (κ1) is 12.5. The zero-order valence-electron chi connectivity index (χ0n) is 10.2. The third kappa shape index (κ3) is 3.25. The third-order valence-electron chi connectivity index (χ3n) is 3.60. The Labute approximate surface area is 101 Å². The largest absolute Gasteiger partial charge is 0.312 e. The van der Waals surface area contributed by atoms with Crippen molar-refractivity contribution in [3.05, 3.63) is 35.4 Å². The fourth-order valence-corrected chi connectivity index (χ4v) is 2.61. The van der Waals surface area contributed by atoms with Gasteiger partial charge < -0.3 is 5.32 Å². The Hall–Kier alpha value is -0.960. The molecular formula is C14H19F2N. The van der Waals surface area contributed by atoms with Crippen LogP contribution in [0.15, 0.2) is 18.2 Å². The van der Waals surface area contributed by atoms with Gasteiger partial charge in [-0.25, -0.2) is 8.78 Å². The van der Waals surface area contributed by atoms with Crippen LogP contribution < -0.4 is 5.32 Å². The summed E-state index contributed by atoms with van der Waals surface area (Å²) in [6.07, 6.45) is 3.74. The van der Waals surface area contributed by atoms with E-state index < -0.39 is 11.6 Å². The Morgan fingerprint density at radius 1 is 1.24 bits per heavy atom. The van der Waals surface area contributed by atoms with Crippen molar-refractivity contribution in [3.63, 3.8) is 0 Å². The van der Waals surface area contributed by atoms with Crippen LogP contribution in [0.1, 0.15) is 31.7 Å². The highest BCUT2D eigenvalue weighted by atomic mass is 19.1. The van der Waals surface area contributed by atoms with Crippen molar-refractivity contribution < 1.29 is 8.78 Å². The van der Waals surface area contributed by atoms with Crippen LogP contribution in [-0.2, 0) is 6.54 Å². The van der Waals surface area contributed by atoms with E-state index in [9.17, 15) is 8.78 Å². The lowest BCUT2D eigenvalue weighted by Crippen LogP contribution is -2.22. The van der Waals surface area contributed by atoms with Gasteiger partial charge in [0.25, 0.3) is 0 Å². The lowest BCUT2D eigenvalue weighted by molar-refractivity contribution is 0.458. The Bertz CT molecular complexity index is 358. The number of halogens is 2. The predicted molar refractivity (Wildman–Crippen MR) is 64.6 cm³/mol. The van der Waals surface area contributed by atoms with E-state index in [0.717, 1.165) is 12.5 Å². The van der Waals surface area contributed by atoms with Crippen LogP contribution in [0.2, 0.25) is 0 Å². The molecule has 3 heteroatoms. The van der Waals surface area contributed by atoms with Crippen molar-refractivity contribution >= 4 is 0 Å². The van der Waals surface area contributed by atoms with Crippen molar-refractivity contribution in [1.29, 1.82) is 0 Å². The van der Waals surface area contributed by atoms with Gasteiger partial charge in [-0.05, 0) is 43.4 Å². The maximum Gasteiger partial charge on any atom is 0.130 e. The van der Waals surface area contributed by atoms with Crippen LogP contribution in [0, 0.1) is 23.5 Å². The van der Waals surface area contributed by atoms with Gasteiger partial charge >= 0.3 is 0 Å². The van der Waals surface area contributed by atoms with Crippen LogP contribution in [0.25, 0.3) is 0 Å². The molecule has 1 aliphatic rings. The molecule has 1 aromatic rings. The van der Waals surface area contributed by atoms with Crippen LogP contribution in [0.3, 0.4) is 0 Å². The van der Waals surface area contributed by atoms with E-state index in [1.165, 1.54) is 37.5 Å². The zero-order valence-corrected chi connectivity index (χ0v) is 10.2. The second-order valence-corrected chi connectivity index (χ2v) is 5.12. The topological polar surface area (TPSA) is 12.0 Å². The van der Waals surface area contributed by atoms with Gasteiger partial charge in [0.2, 0.25) is 0 Å². The Morgan fingerprint density at radius 3 is 2.53 bits per heavy atom. The molecule has 1 N–H and O–H groups in total. The summed E-state index contributed by atoms with van der Waals surface area (Å²) >= 11 is 0. The molecule has 1 saturated carbocycles. The summed E-state index contributed by atoms with van der Waals surface area (Å²) < 4.78 is 26.7. The molecule has 0 radical (unpaired) electrons. The second kappa shape index (κ2) is 5.58. The SMILES string of the molecule is CC1CCC(CNCc2c(F)cccc2F)C1. The van der Waals surface area contributed by atoms with E-state index in [1.54, 1.807) is 0 Å². The summed E-state index contributed by atoms with van der Waals surface area (Å²) in [5.41, 5.74) is 0.151. The Morgan fingerprint density at radius 2 is 1.94 bits per heavy atom. The summed E-state index contributed by atoms with van der Waals surface area (Å²) in [4.78, 5) is 0. The smallest absolute Gasteiger partial charge is 0.130 e. The van der Waals surface area contributed by atoms with E-state index in [-0.39, 0.29) is 12.1 Å². The van der Waals surface area contributed by atoms with Crippen molar-refractivity contribution in [2.24, 2.45) is 11.8 Å². The average Bonchev–Trinajstić information content (AvgIpc) is 2.69. The number of benzene rings is 1. The normalized spacial score (nSPS) is 24.2. The molecule has 17 heavy (non-hydrogen) atoms. The summed E-state index contributed by atoms with van der Waals surface area (Å²) in [6.45, 7) is 3.40. The highest BCUT2D eigenvalue weighted by Gasteiger charge is 2.20. The molecule has 0 heterocycles. The number of rotatable bonds is 4. The number of hydrogen-bond donors (Lipinski definition) is 1. The molecule has 1 nitrogen and oxygen atoms in total. The fraction of sp³-hybridized carbons (Fsp3) is 0.571. The maximum absolute atomic E-state index is 13.3. The first-order valence-corrected chi connectivity index (χ1v) is 6.30. The molecule has 94 valence electrons. The standard InChI is InChI=1S/C14H19F2N/c1-10-5-6-11(7-10)8-17-9-12-13(15)3-2-4-14(12)16/h2-4,10-11,17H,5-9H2,1H3. The van der Waals surface area contributed by atoms with Gasteiger partial charge in [0.1, 0.15) is 11.6 Å². The molecule has 2 rings (SSSR count). The lowest BCUT2D eigenvalue weighted by atomic mass is 10.1. The van der Waals surface area contributed by atoms with Crippen LogP contribution >= 0.6 is 0 Å². The summed E-state index contributed by atoms with van der Waals surface area (Å²) in [5.74, 6) is 0.543. The van der Waals surface area contributed by atoms with Crippen molar-refractivity contribution in [2.45, 2.75) is 32.7 Å². The van der Waals surface area contributed by atoms with Gasteiger partial charge in [-0.3, -0.25) is 0 Å². The Balaban J connectivity index is 1.82. The Kier molecular flexibility index (Phi) is 4.11. The average molecular weight is 239 g/mol. The van der Waals surface area contributed by atoms with E-state index >= 15 is 0 Å². The maximum atomic E-state index is 13.3. The minimum absolute atomic E-state index is 0.151. The first-order valence-electron chi connectivity index (χ1n) is 6.30. The van der Waals surface area contributed by atoms with Gasteiger partial charge in [0, 0.05) is 12.1 Å². The molecule has 0 aliphatic heterocycles. The van der Waals surface area contributed by atoms with E-state index in [1.807, 2.05) is 0 Å². The molecule has 0 aromatic heterocycles. The summed E-state index contributed by atoms with van der Waals surface area (Å²) in [6, 6.07) is 4.00. The first-order chi connectivity index (χ1) is 8.16. The van der Waals surface area contributed by atoms with Gasteiger partial charge in [-0.15, -0.1) is 0 Å². The molecule has 0 spiro atoms. The lowest BCUT2D eigenvalue weighted by Gasteiger charge is -2.11. The third-order valence-corrected chi connectivity index (χ3v) is 3.60. The fourth-order valence-electron chi connectivity index (χ4n) is 2.61. The van der Waals surface area contributed by atoms with Gasteiger partial charge in [-0.2, -0.15) is 0 Å². The van der Waals surface area contributed by atoms with E-state index in [4.69, 9.17) is 0 Å². The molecule has 0 bridgehead atoms. The zero-order chi connectivity index (χ0) is 12.3. The summed E-state index contributed by atoms with van der Waals surface area (Å²) in [5, 5.41) is 3.17. The molecule has 1 aromatic carbocycles.